The van der Waals surface area contributed by atoms with Crippen LogP contribution in [-0.2, 0) is 4.74 Å². The Morgan fingerprint density at radius 1 is 0.833 bits per heavy atom. The first-order valence-electron chi connectivity index (χ1n) is 9.21. The summed E-state index contributed by atoms with van der Waals surface area (Å²) >= 11 is 0. The number of benzene rings is 2. The lowest BCUT2D eigenvalue weighted by Crippen LogP contribution is -2.01. The predicted molar refractivity (Wildman–Crippen MR) is 103 cm³/mol. The van der Waals surface area contributed by atoms with Gasteiger partial charge in [0.15, 0.2) is 0 Å². The molecule has 2 aromatic rings. The van der Waals surface area contributed by atoms with Crippen LogP contribution in [-0.4, -0.2) is 6.61 Å². The molecule has 0 N–H and O–H groups in total. The minimum absolute atomic E-state index is 0.505. The topological polar surface area (TPSA) is 9.23 Å². The molecule has 0 unspecified atom stereocenters. The second-order valence-corrected chi connectivity index (χ2v) is 6.30. The quantitative estimate of drug-likeness (QED) is 0.330. The zero-order chi connectivity index (χ0) is 17.0. The normalized spacial score (nSPS) is 10.8. The second-order valence-electron chi connectivity index (χ2n) is 6.30. The molecular formula is C23H30O. The van der Waals surface area contributed by atoms with Crippen molar-refractivity contribution in [1.82, 2.24) is 0 Å². The van der Waals surface area contributed by atoms with E-state index in [0.717, 1.165) is 18.8 Å². The van der Waals surface area contributed by atoms with Crippen LogP contribution < -0.4 is 0 Å². The summed E-state index contributed by atoms with van der Waals surface area (Å²) in [5.41, 5.74) is 2.85. The van der Waals surface area contributed by atoms with Gasteiger partial charge in [-0.3, -0.25) is 0 Å². The summed E-state index contributed by atoms with van der Waals surface area (Å²) in [6, 6.07) is 21.8. The highest BCUT2D eigenvalue weighted by Crippen LogP contribution is 2.30. The molecule has 0 aliphatic rings. The zero-order valence-electron chi connectivity index (χ0n) is 14.9. The Bertz CT molecular complexity index is 534. The maximum atomic E-state index is 5.41. The summed E-state index contributed by atoms with van der Waals surface area (Å²) < 4.78 is 5.41. The molecule has 0 atom stereocenters. The molecule has 1 heteroatoms. The molecule has 0 aliphatic carbocycles. The van der Waals surface area contributed by atoms with Crippen LogP contribution in [0.5, 0.6) is 0 Å². The monoisotopic (exact) mass is 322 g/mol. The van der Waals surface area contributed by atoms with E-state index in [1.807, 2.05) is 6.92 Å². The zero-order valence-corrected chi connectivity index (χ0v) is 14.9. The van der Waals surface area contributed by atoms with E-state index < -0.39 is 0 Å². The standard InChI is InChI=1S/C23H30O/c1-3-24-20(2)14-8-4-5-13-19-23(21-15-9-6-10-16-21)22-17-11-7-12-18-22/h6-7,9-12,15-18,23H,2-5,8,13-14,19H2,1H3. The van der Waals surface area contributed by atoms with Gasteiger partial charge in [0.1, 0.15) is 0 Å². The van der Waals surface area contributed by atoms with Gasteiger partial charge in [-0.2, -0.15) is 0 Å². The third-order valence-corrected chi connectivity index (χ3v) is 4.45. The van der Waals surface area contributed by atoms with E-state index in [9.17, 15) is 0 Å². The lowest BCUT2D eigenvalue weighted by molar-refractivity contribution is 0.218. The lowest BCUT2D eigenvalue weighted by Gasteiger charge is -2.18. The molecule has 128 valence electrons. The highest BCUT2D eigenvalue weighted by atomic mass is 16.5. The Balaban J connectivity index is 1.81. The Morgan fingerprint density at radius 2 is 1.38 bits per heavy atom. The van der Waals surface area contributed by atoms with Gasteiger partial charge in [-0.05, 0) is 30.9 Å². The van der Waals surface area contributed by atoms with Crippen molar-refractivity contribution in [1.29, 1.82) is 0 Å². The summed E-state index contributed by atoms with van der Waals surface area (Å²) in [6.07, 6.45) is 7.17. The van der Waals surface area contributed by atoms with Crippen molar-refractivity contribution in [2.75, 3.05) is 6.61 Å². The van der Waals surface area contributed by atoms with Crippen LogP contribution in [0.1, 0.15) is 62.5 Å². The van der Waals surface area contributed by atoms with E-state index >= 15 is 0 Å². The maximum absolute atomic E-state index is 5.41. The van der Waals surface area contributed by atoms with Crippen molar-refractivity contribution in [2.24, 2.45) is 0 Å². The van der Waals surface area contributed by atoms with Crippen LogP contribution in [0, 0.1) is 0 Å². The SMILES string of the molecule is C=C(CCCCCCC(c1ccccc1)c1ccccc1)OCC. The van der Waals surface area contributed by atoms with Crippen molar-refractivity contribution in [3.63, 3.8) is 0 Å². The first-order chi connectivity index (χ1) is 11.8. The van der Waals surface area contributed by atoms with E-state index in [-0.39, 0.29) is 0 Å². The smallest absolute Gasteiger partial charge is 0.0888 e. The summed E-state index contributed by atoms with van der Waals surface area (Å²) in [5, 5.41) is 0. The van der Waals surface area contributed by atoms with Gasteiger partial charge in [-0.1, -0.05) is 86.5 Å². The van der Waals surface area contributed by atoms with Crippen molar-refractivity contribution >= 4 is 0 Å². The Morgan fingerprint density at radius 3 is 1.92 bits per heavy atom. The maximum Gasteiger partial charge on any atom is 0.0888 e. The molecule has 1 nitrogen and oxygen atoms in total. The minimum atomic E-state index is 0.505. The number of ether oxygens (including phenoxy) is 1. The third kappa shape index (κ3) is 6.23. The van der Waals surface area contributed by atoms with Crippen LogP contribution >= 0.6 is 0 Å². The summed E-state index contributed by atoms with van der Waals surface area (Å²) in [7, 11) is 0. The highest BCUT2D eigenvalue weighted by Gasteiger charge is 2.13. The van der Waals surface area contributed by atoms with Gasteiger partial charge in [0.2, 0.25) is 0 Å². The molecule has 2 aromatic carbocycles. The van der Waals surface area contributed by atoms with Crippen LogP contribution in [0.15, 0.2) is 73.0 Å². The van der Waals surface area contributed by atoms with Crippen LogP contribution in [0.3, 0.4) is 0 Å². The van der Waals surface area contributed by atoms with Crippen LogP contribution in [0.2, 0.25) is 0 Å². The molecule has 0 fully saturated rings. The van der Waals surface area contributed by atoms with E-state index in [1.165, 1.54) is 43.2 Å². The molecule has 0 heterocycles. The third-order valence-electron chi connectivity index (χ3n) is 4.45. The van der Waals surface area contributed by atoms with E-state index in [2.05, 4.69) is 67.2 Å². The first-order valence-corrected chi connectivity index (χ1v) is 9.21. The predicted octanol–water partition coefficient (Wildman–Crippen LogP) is 6.71. The molecular weight excluding hydrogens is 292 g/mol. The Kier molecular flexibility index (Phi) is 8.17. The Labute approximate surface area is 147 Å². The van der Waals surface area contributed by atoms with Crippen LogP contribution in [0.25, 0.3) is 0 Å². The number of rotatable bonds is 11. The molecule has 0 radical (unpaired) electrons. The molecule has 0 amide bonds. The van der Waals surface area contributed by atoms with Gasteiger partial charge >= 0.3 is 0 Å². The van der Waals surface area contributed by atoms with Crippen molar-refractivity contribution in [3.8, 4) is 0 Å². The summed E-state index contributed by atoms with van der Waals surface area (Å²) in [6.45, 7) is 6.69. The second kappa shape index (κ2) is 10.7. The number of hydrogen-bond acceptors (Lipinski definition) is 1. The van der Waals surface area contributed by atoms with Gasteiger partial charge < -0.3 is 4.74 Å². The number of unbranched alkanes of at least 4 members (excludes halogenated alkanes) is 3. The fourth-order valence-electron chi connectivity index (χ4n) is 3.20. The number of allylic oxidation sites excluding steroid dienone is 1. The van der Waals surface area contributed by atoms with Crippen molar-refractivity contribution in [2.45, 2.75) is 51.4 Å². The summed E-state index contributed by atoms with van der Waals surface area (Å²) in [5.74, 6) is 1.44. The van der Waals surface area contributed by atoms with Gasteiger partial charge in [-0.15, -0.1) is 0 Å². The fourth-order valence-corrected chi connectivity index (χ4v) is 3.20. The molecule has 0 saturated carbocycles. The van der Waals surface area contributed by atoms with Crippen molar-refractivity contribution < 1.29 is 4.74 Å². The summed E-state index contributed by atoms with van der Waals surface area (Å²) in [4.78, 5) is 0. The molecule has 0 saturated heterocycles. The largest absolute Gasteiger partial charge is 0.499 e. The van der Waals surface area contributed by atoms with Gasteiger partial charge in [0.05, 0.1) is 12.4 Å². The van der Waals surface area contributed by atoms with E-state index in [0.29, 0.717) is 5.92 Å². The number of hydrogen-bond donors (Lipinski definition) is 0. The molecule has 2 rings (SSSR count). The Hall–Kier alpha value is -2.02. The average Bonchev–Trinajstić information content (AvgIpc) is 2.63. The van der Waals surface area contributed by atoms with E-state index in [1.54, 1.807) is 0 Å². The van der Waals surface area contributed by atoms with Crippen molar-refractivity contribution in [3.05, 3.63) is 84.1 Å². The van der Waals surface area contributed by atoms with Gasteiger partial charge in [0.25, 0.3) is 0 Å². The van der Waals surface area contributed by atoms with Gasteiger partial charge in [-0.25, -0.2) is 0 Å². The van der Waals surface area contributed by atoms with Crippen LogP contribution in [0.4, 0.5) is 0 Å². The highest BCUT2D eigenvalue weighted by molar-refractivity contribution is 5.32. The molecule has 0 bridgehead atoms. The molecule has 24 heavy (non-hydrogen) atoms. The first kappa shape index (κ1) is 18.3. The van der Waals surface area contributed by atoms with Gasteiger partial charge in [0, 0.05) is 12.3 Å². The van der Waals surface area contributed by atoms with E-state index in [4.69, 9.17) is 4.74 Å². The molecule has 0 aromatic heterocycles. The average molecular weight is 322 g/mol. The molecule has 0 spiro atoms. The lowest BCUT2D eigenvalue weighted by atomic mass is 9.87. The minimum Gasteiger partial charge on any atom is -0.499 e. The fraction of sp³-hybridized carbons (Fsp3) is 0.391. The molecule has 0 aliphatic heterocycles.